The molecule has 0 amide bonds. The molecule has 0 saturated carbocycles. The van der Waals surface area contributed by atoms with E-state index in [1.54, 1.807) is 28.4 Å². The van der Waals surface area contributed by atoms with Gasteiger partial charge in [0.05, 0.1) is 75.5 Å². The zero-order valence-electron chi connectivity index (χ0n) is 30.7. The quantitative estimate of drug-likeness (QED) is 0.157. The van der Waals surface area contributed by atoms with Crippen LogP contribution < -0.4 is 29.0 Å². The lowest BCUT2D eigenvalue weighted by Gasteiger charge is -2.26. The topological polar surface area (TPSA) is 85.2 Å². The van der Waals surface area contributed by atoms with Crippen molar-refractivity contribution < 1.29 is 23.7 Å². The fourth-order valence-electron chi connectivity index (χ4n) is 7.07. The van der Waals surface area contributed by atoms with E-state index in [1.165, 1.54) is 0 Å². The molecule has 4 aromatic rings. The summed E-state index contributed by atoms with van der Waals surface area (Å²) < 4.78 is 22.1. The van der Waals surface area contributed by atoms with Crippen LogP contribution in [-0.4, -0.2) is 58.7 Å². The SMILES string of the molecule is COc1ccc(C2=NN(c3cccc(C)c3C(=O)c3c(C)cccc3N3CC(C)(C)C(c4ccc(OC)c(OC)c4)=N3)CC2(C)C)cc1OC. The Morgan fingerprint density at radius 3 is 1.32 bits per heavy atom. The molecule has 4 aromatic carbocycles. The van der Waals surface area contributed by atoms with E-state index < -0.39 is 0 Å². The highest BCUT2D eigenvalue weighted by Crippen LogP contribution is 2.42. The lowest BCUT2D eigenvalue weighted by Crippen LogP contribution is -2.29. The number of hydrazone groups is 2. The highest BCUT2D eigenvalue weighted by atomic mass is 16.5. The van der Waals surface area contributed by atoms with Gasteiger partial charge in [0.2, 0.25) is 0 Å². The Morgan fingerprint density at radius 1 is 0.580 bits per heavy atom. The number of ketones is 1. The summed E-state index contributed by atoms with van der Waals surface area (Å²) in [6.07, 6.45) is 0. The summed E-state index contributed by atoms with van der Waals surface area (Å²) in [6.45, 7) is 13.8. The summed E-state index contributed by atoms with van der Waals surface area (Å²) in [7, 11) is 6.51. The van der Waals surface area contributed by atoms with Gasteiger partial charge in [0.1, 0.15) is 0 Å². The third-order valence-electron chi connectivity index (χ3n) is 9.64. The van der Waals surface area contributed by atoms with Crippen molar-refractivity contribution in [2.45, 2.75) is 41.5 Å². The number of carbonyl (C=O) groups excluding carboxylic acids is 1. The van der Waals surface area contributed by atoms with Gasteiger partial charge in [-0.1, -0.05) is 52.0 Å². The molecule has 50 heavy (non-hydrogen) atoms. The van der Waals surface area contributed by atoms with Crippen molar-refractivity contribution in [2.24, 2.45) is 21.0 Å². The van der Waals surface area contributed by atoms with Gasteiger partial charge in [-0.25, -0.2) is 0 Å². The Balaban J connectivity index is 1.42. The van der Waals surface area contributed by atoms with Crippen LogP contribution in [0.15, 0.2) is 83.0 Å². The third-order valence-corrected chi connectivity index (χ3v) is 9.64. The van der Waals surface area contributed by atoms with Crippen LogP contribution in [0.2, 0.25) is 0 Å². The molecule has 0 fully saturated rings. The second kappa shape index (κ2) is 13.2. The minimum Gasteiger partial charge on any atom is -0.493 e. The number of methoxy groups -OCH3 is 4. The molecular formula is C41H46N4O5. The Hall–Kier alpha value is -5.31. The Kier molecular flexibility index (Phi) is 9.12. The predicted octanol–water partition coefficient (Wildman–Crippen LogP) is 8.07. The first kappa shape index (κ1) is 34.5. The Morgan fingerprint density at radius 2 is 0.960 bits per heavy atom. The smallest absolute Gasteiger partial charge is 0.197 e. The van der Waals surface area contributed by atoms with Gasteiger partial charge < -0.3 is 18.9 Å². The normalized spacial score (nSPS) is 16.2. The molecule has 0 atom stereocenters. The highest BCUT2D eigenvalue weighted by Gasteiger charge is 2.40. The Labute approximate surface area is 295 Å². The van der Waals surface area contributed by atoms with E-state index in [2.05, 4.69) is 27.7 Å². The standard InChI is InChI=1S/C41H46N4O5/c1-25-13-11-15-29(44-23-40(3,4)38(42-44)27-17-19-31(47-7)33(21-27)49-9)35(25)37(46)36-26(2)14-12-16-30(36)45-24-41(5,6)39(43-45)28-18-20-32(48-8)34(22-28)50-10/h11-22H,23-24H2,1-10H3. The van der Waals surface area contributed by atoms with Crippen molar-refractivity contribution in [2.75, 3.05) is 51.5 Å². The number of hydrogen-bond acceptors (Lipinski definition) is 9. The average molecular weight is 675 g/mol. The molecule has 2 heterocycles. The Bertz CT molecular complexity index is 1890. The molecule has 0 bridgehead atoms. The van der Waals surface area contributed by atoms with Crippen LogP contribution in [0.3, 0.4) is 0 Å². The van der Waals surface area contributed by atoms with Crippen LogP contribution in [0.4, 0.5) is 11.4 Å². The largest absolute Gasteiger partial charge is 0.493 e. The molecule has 9 nitrogen and oxygen atoms in total. The van der Waals surface area contributed by atoms with Crippen LogP contribution in [0.25, 0.3) is 0 Å². The van der Waals surface area contributed by atoms with Gasteiger partial charge in [0.25, 0.3) is 0 Å². The minimum absolute atomic E-state index is 0.0636. The van der Waals surface area contributed by atoms with Crippen molar-refractivity contribution in [3.63, 3.8) is 0 Å². The summed E-state index contributed by atoms with van der Waals surface area (Å²) in [5, 5.41) is 14.2. The van der Waals surface area contributed by atoms with Crippen molar-refractivity contribution in [1.82, 2.24) is 0 Å². The second-order valence-corrected chi connectivity index (χ2v) is 14.2. The van der Waals surface area contributed by atoms with Gasteiger partial charge in [-0.3, -0.25) is 14.8 Å². The molecule has 0 aliphatic carbocycles. The van der Waals surface area contributed by atoms with E-state index >= 15 is 0 Å². The fourth-order valence-corrected chi connectivity index (χ4v) is 7.07. The zero-order valence-corrected chi connectivity index (χ0v) is 30.7. The molecule has 0 radical (unpaired) electrons. The van der Waals surface area contributed by atoms with Gasteiger partial charge >= 0.3 is 0 Å². The maximum atomic E-state index is 15.0. The van der Waals surface area contributed by atoms with E-state index in [0.29, 0.717) is 47.2 Å². The maximum Gasteiger partial charge on any atom is 0.197 e. The summed E-state index contributed by atoms with van der Waals surface area (Å²) in [5.74, 6) is 2.54. The molecule has 0 saturated heterocycles. The monoisotopic (exact) mass is 674 g/mol. The number of aryl methyl sites for hydroxylation is 2. The van der Waals surface area contributed by atoms with Gasteiger partial charge in [0, 0.05) is 22.0 Å². The molecule has 0 aromatic heterocycles. The summed E-state index contributed by atoms with van der Waals surface area (Å²) in [6, 6.07) is 23.6. The van der Waals surface area contributed by atoms with Crippen LogP contribution in [0.1, 0.15) is 65.9 Å². The number of hydrogen-bond donors (Lipinski definition) is 0. The lowest BCUT2D eigenvalue weighted by molar-refractivity contribution is 0.103. The molecule has 0 spiro atoms. The van der Waals surface area contributed by atoms with Gasteiger partial charge in [-0.05, 0) is 73.5 Å². The number of anilines is 2. The number of rotatable bonds is 10. The van der Waals surface area contributed by atoms with E-state index in [4.69, 9.17) is 29.2 Å². The van der Waals surface area contributed by atoms with E-state index in [0.717, 1.165) is 45.1 Å². The van der Waals surface area contributed by atoms with Gasteiger partial charge in [0.15, 0.2) is 28.8 Å². The second-order valence-electron chi connectivity index (χ2n) is 14.2. The van der Waals surface area contributed by atoms with E-state index in [1.807, 2.05) is 96.7 Å². The number of ether oxygens (including phenoxy) is 4. The van der Waals surface area contributed by atoms with Crippen LogP contribution in [-0.2, 0) is 0 Å². The number of nitrogens with zero attached hydrogens (tertiary/aromatic N) is 4. The molecular weight excluding hydrogens is 628 g/mol. The van der Waals surface area contributed by atoms with Gasteiger partial charge in [-0.2, -0.15) is 10.2 Å². The zero-order chi connectivity index (χ0) is 36.0. The average Bonchev–Trinajstić information content (AvgIpc) is 3.60. The van der Waals surface area contributed by atoms with Crippen LogP contribution >= 0.6 is 0 Å². The summed E-state index contributed by atoms with van der Waals surface area (Å²) >= 11 is 0. The van der Waals surface area contributed by atoms with Crippen molar-refractivity contribution >= 4 is 28.6 Å². The molecule has 2 aliphatic rings. The van der Waals surface area contributed by atoms with Crippen molar-refractivity contribution in [3.8, 4) is 23.0 Å². The first-order valence-electron chi connectivity index (χ1n) is 16.8. The third kappa shape index (κ3) is 6.06. The fraction of sp³-hybridized carbons (Fsp3) is 0.341. The summed E-state index contributed by atoms with van der Waals surface area (Å²) in [4.78, 5) is 15.0. The van der Waals surface area contributed by atoms with E-state index in [9.17, 15) is 4.79 Å². The maximum absolute atomic E-state index is 15.0. The molecule has 9 heteroatoms. The van der Waals surface area contributed by atoms with Crippen molar-refractivity contribution in [3.05, 3.63) is 106 Å². The number of benzene rings is 4. The first-order chi connectivity index (χ1) is 23.8. The van der Waals surface area contributed by atoms with Crippen molar-refractivity contribution in [1.29, 1.82) is 0 Å². The minimum atomic E-state index is -0.312. The number of carbonyl (C=O) groups is 1. The molecule has 0 unspecified atom stereocenters. The molecule has 6 rings (SSSR count). The predicted molar refractivity (Wildman–Crippen MR) is 200 cm³/mol. The first-order valence-corrected chi connectivity index (χ1v) is 16.8. The van der Waals surface area contributed by atoms with Crippen LogP contribution in [0, 0.1) is 24.7 Å². The molecule has 0 N–H and O–H groups in total. The highest BCUT2D eigenvalue weighted by molar-refractivity contribution is 6.18. The lowest BCUT2D eigenvalue weighted by atomic mass is 9.84. The van der Waals surface area contributed by atoms with E-state index in [-0.39, 0.29) is 16.6 Å². The molecule has 2 aliphatic heterocycles. The van der Waals surface area contributed by atoms with Crippen LogP contribution in [0.5, 0.6) is 23.0 Å². The van der Waals surface area contributed by atoms with Gasteiger partial charge in [-0.15, -0.1) is 0 Å². The summed E-state index contributed by atoms with van der Waals surface area (Å²) in [5.41, 5.74) is 7.62. The molecule has 260 valence electrons.